The van der Waals surface area contributed by atoms with E-state index in [-0.39, 0.29) is 12.5 Å². The maximum atomic E-state index is 13.0. The average Bonchev–Trinajstić information content (AvgIpc) is 3.38. The lowest BCUT2D eigenvalue weighted by Gasteiger charge is -2.22. The standard InChI is InChI=1S/C31H33N3O5/c1-20-10-7-8-13-25(20)26-15-14-22(17-24(26)19-37-6)29-32-28(33-39-29)21-11-9-12-23(16-21)30(36)34(5)18-27(35)38-31(2,3)4/h7-17H,18-19H2,1-6H3. The summed E-state index contributed by atoms with van der Waals surface area (Å²) in [5.41, 5.74) is 5.56. The van der Waals surface area contributed by atoms with Crippen molar-refractivity contribution in [3.8, 4) is 34.0 Å². The zero-order chi connectivity index (χ0) is 28.2. The highest BCUT2D eigenvalue weighted by Crippen LogP contribution is 2.31. The van der Waals surface area contributed by atoms with Crippen LogP contribution in [-0.4, -0.2) is 53.2 Å². The van der Waals surface area contributed by atoms with Gasteiger partial charge in [0.2, 0.25) is 5.82 Å². The van der Waals surface area contributed by atoms with Crippen LogP contribution in [0.3, 0.4) is 0 Å². The van der Waals surface area contributed by atoms with Crippen molar-refractivity contribution in [2.45, 2.75) is 39.9 Å². The van der Waals surface area contributed by atoms with E-state index in [1.807, 2.05) is 30.3 Å². The molecule has 0 atom stereocenters. The Balaban J connectivity index is 1.56. The van der Waals surface area contributed by atoms with Crippen LogP contribution in [0.25, 0.3) is 34.0 Å². The van der Waals surface area contributed by atoms with Crippen LogP contribution in [0.1, 0.15) is 42.3 Å². The summed E-state index contributed by atoms with van der Waals surface area (Å²) in [5, 5.41) is 4.15. The Morgan fingerprint density at radius 1 is 0.949 bits per heavy atom. The molecular weight excluding hydrogens is 494 g/mol. The van der Waals surface area contributed by atoms with Crippen molar-refractivity contribution in [3.63, 3.8) is 0 Å². The molecule has 0 aliphatic rings. The van der Waals surface area contributed by atoms with Gasteiger partial charge in [-0.05, 0) is 74.2 Å². The van der Waals surface area contributed by atoms with Crippen molar-refractivity contribution in [2.75, 3.05) is 20.7 Å². The van der Waals surface area contributed by atoms with Gasteiger partial charge in [0.1, 0.15) is 12.1 Å². The third-order valence-electron chi connectivity index (χ3n) is 6.01. The Kier molecular flexibility index (Phi) is 8.26. The van der Waals surface area contributed by atoms with Gasteiger partial charge in [0.15, 0.2) is 0 Å². The maximum Gasteiger partial charge on any atom is 0.326 e. The number of aryl methyl sites for hydroxylation is 1. The molecule has 0 saturated carbocycles. The Morgan fingerprint density at radius 2 is 1.72 bits per heavy atom. The number of rotatable bonds is 8. The molecule has 1 heterocycles. The third-order valence-corrected chi connectivity index (χ3v) is 6.01. The number of aromatic nitrogens is 2. The van der Waals surface area contributed by atoms with Crippen molar-refractivity contribution in [3.05, 3.63) is 83.4 Å². The molecule has 1 amide bonds. The Morgan fingerprint density at radius 3 is 2.44 bits per heavy atom. The van der Waals surface area contributed by atoms with Gasteiger partial charge in [0.05, 0.1) is 6.61 Å². The number of hydrogen-bond donors (Lipinski definition) is 0. The smallest absolute Gasteiger partial charge is 0.326 e. The predicted molar refractivity (Wildman–Crippen MR) is 149 cm³/mol. The normalized spacial score (nSPS) is 11.3. The summed E-state index contributed by atoms with van der Waals surface area (Å²) in [6, 6.07) is 21.1. The third kappa shape index (κ3) is 6.78. The highest BCUT2D eigenvalue weighted by Gasteiger charge is 2.21. The van der Waals surface area contributed by atoms with E-state index in [1.165, 1.54) is 10.5 Å². The van der Waals surface area contributed by atoms with Crippen LogP contribution >= 0.6 is 0 Å². The van der Waals surface area contributed by atoms with Crippen molar-refractivity contribution in [2.24, 2.45) is 0 Å². The van der Waals surface area contributed by atoms with Crippen LogP contribution in [-0.2, 0) is 20.9 Å². The molecule has 8 nitrogen and oxygen atoms in total. The minimum atomic E-state index is -0.623. The van der Waals surface area contributed by atoms with Gasteiger partial charge < -0.3 is 18.9 Å². The predicted octanol–water partition coefficient (Wildman–Crippen LogP) is 5.94. The summed E-state index contributed by atoms with van der Waals surface area (Å²) in [5.74, 6) is -0.0794. The monoisotopic (exact) mass is 527 g/mol. The quantitative estimate of drug-likeness (QED) is 0.262. The lowest BCUT2D eigenvalue weighted by atomic mass is 9.94. The van der Waals surface area contributed by atoms with E-state index in [9.17, 15) is 9.59 Å². The fourth-order valence-electron chi connectivity index (χ4n) is 4.25. The molecule has 0 fully saturated rings. The molecule has 0 aliphatic heterocycles. The number of esters is 1. The molecule has 0 radical (unpaired) electrons. The Labute approximate surface area is 228 Å². The second-order valence-corrected chi connectivity index (χ2v) is 10.4. The van der Waals surface area contributed by atoms with Gasteiger partial charge in [-0.1, -0.05) is 47.6 Å². The van der Waals surface area contributed by atoms with Crippen molar-refractivity contribution >= 4 is 11.9 Å². The highest BCUT2D eigenvalue weighted by molar-refractivity contribution is 5.96. The molecule has 0 bridgehead atoms. The highest BCUT2D eigenvalue weighted by atomic mass is 16.6. The fourth-order valence-corrected chi connectivity index (χ4v) is 4.25. The summed E-state index contributed by atoms with van der Waals surface area (Å²) in [7, 11) is 3.22. The molecule has 4 rings (SSSR count). The summed E-state index contributed by atoms with van der Waals surface area (Å²) >= 11 is 0. The van der Waals surface area contributed by atoms with Crippen molar-refractivity contribution in [1.29, 1.82) is 0 Å². The van der Waals surface area contributed by atoms with Gasteiger partial charge >= 0.3 is 5.97 Å². The van der Waals surface area contributed by atoms with Crippen molar-refractivity contribution in [1.82, 2.24) is 15.0 Å². The summed E-state index contributed by atoms with van der Waals surface area (Å²) in [6.07, 6.45) is 0. The first-order valence-electron chi connectivity index (χ1n) is 12.7. The average molecular weight is 528 g/mol. The zero-order valence-electron chi connectivity index (χ0n) is 23.1. The number of carbonyl (C=O) groups is 2. The van der Waals surface area contributed by atoms with E-state index >= 15 is 0 Å². The summed E-state index contributed by atoms with van der Waals surface area (Å²) in [4.78, 5) is 31.0. The zero-order valence-corrected chi connectivity index (χ0v) is 23.1. The summed E-state index contributed by atoms with van der Waals surface area (Å²) < 4.78 is 16.4. The van der Waals surface area contributed by atoms with Gasteiger partial charge in [-0.25, -0.2) is 0 Å². The first-order chi connectivity index (χ1) is 18.6. The molecule has 8 heteroatoms. The van der Waals surface area contributed by atoms with Gasteiger partial charge in [0.25, 0.3) is 11.8 Å². The first-order valence-corrected chi connectivity index (χ1v) is 12.7. The molecule has 3 aromatic carbocycles. The summed E-state index contributed by atoms with van der Waals surface area (Å²) in [6.45, 7) is 7.71. The topological polar surface area (TPSA) is 94.8 Å². The number of methoxy groups -OCH3 is 1. The molecule has 39 heavy (non-hydrogen) atoms. The number of nitrogens with zero attached hydrogens (tertiary/aromatic N) is 3. The first kappa shape index (κ1) is 27.7. The molecule has 1 aromatic heterocycles. The maximum absolute atomic E-state index is 13.0. The van der Waals surface area contributed by atoms with Crippen LogP contribution in [0.5, 0.6) is 0 Å². The van der Waals surface area contributed by atoms with Crippen LogP contribution in [0, 0.1) is 6.92 Å². The number of carbonyl (C=O) groups excluding carboxylic acids is 2. The second kappa shape index (κ2) is 11.6. The van der Waals surface area contributed by atoms with E-state index in [0.29, 0.717) is 29.4 Å². The van der Waals surface area contributed by atoms with Gasteiger partial charge in [-0.15, -0.1) is 0 Å². The Hall–Kier alpha value is -4.30. The fraction of sp³-hybridized carbons (Fsp3) is 0.290. The van der Waals surface area contributed by atoms with E-state index in [4.69, 9.17) is 14.0 Å². The van der Waals surface area contributed by atoms with E-state index in [1.54, 1.807) is 59.2 Å². The second-order valence-electron chi connectivity index (χ2n) is 10.4. The van der Waals surface area contributed by atoms with Crippen molar-refractivity contribution < 1.29 is 23.6 Å². The van der Waals surface area contributed by atoms with E-state index in [2.05, 4.69) is 29.2 Å². The molecule has 4 aromatic rings. The lowest BCUT2D eigenvalue weighted by molar-refractivity contribution is -0.155. The van der Waals surface area contributed by atoms with Crippen LogP contribution in [0.2, 0.25) is 0 Å². The van der Waals surface area contributed by atoms with E-state index < -0.39 is 11.6 Å². The molecular formula is C31H33N3O5. The molecule has 0 saturated heterocycles. The molecule has 0 N–H and O–H groups in total. The number of hydrogen-bond acceptors (Lipinski definition) is 7. The molecule has 0 unspecified atom stereocenters. The lowest BCUT2D eigenvalue weighted by Crippen LogP contribution is -2.36. The number of likely N-dealkylation sites (N-methyl/N-ethyl adjacent to an activating group) is 1. The van der Waals surface area contributed by atoms with Crippen LogP contribution in [0.15, 0.2) is 71.3 Å². The largest absolute Gasteiger partial charge is 0.459 e. The minimum absolute atomic E-state index is 0.158. The van der Waals surface area contributed by atoms with Gasteiger partial charge in [-0.3, -0.25) is 9.59 Å². The number of amides is 1. The molecule has 0 spiro atoms. The van der Waals surface area contributed by atoms with Gasteiger partial charge in [-0.2, -0.15) is 4.98 Å². The SMILES string of the molecule is COCc1cc(-c2nc(-c3cccc(C(=O)N(C)CC(=O)OC(C)(C)C)c3)no2)ccc1-c1ccccc1C. The Bertz CT molecular complexity index is 1490. The van der Waals surface area contributed by atoms with Crippen LogP contribution < -0.4 is 0 Å². The number of ether oxygens (including phenoxy) is 2. The minimum Gasteiger partial charge on any atom is -0.459 e. The van der Waals surface area contributed by atoms with Gasteiger partial charge in [0, 0.05) is 30.8 Å². The van der Waals surface area contributed by atoms with Crippen LogP contribution in [0.4, 0.5) is 0 Å². The van der Waals surface area contributed by atoms with E-state index in [0.717, 1.165) is 22.3 Å². The number of benzene rings is 3. The molecule has 0 aliphatic carbocycles. The molecule has 202 valence electrons.